The van der Waals surface area contributed by atoms with E-state index < -0.39 is 11.7 Å². The van der Waals surface area contributed by atoms with Crippen molar-refractivity contribution in [1.82, 2.24) is 15.1 Å². The summed E-state index contributed by atoms with van der Waals surface area (Å²) in [5.41, 5.74) is 3.24. The number of nitrogens with zero attached hydrogens (tertiary/aromatic N) is 2. The Labute approximate surface area is 143 Å². The molecule has 0 aliphatic heterocycles. The lowest BCUT2D eigenvalue weighted by atomic mass is 10.1. The highest BCUT2D eigenvalue weighted by Gasteiger charge is 2.15. The average molecular weight is 343 g/mol. The highest BCUT2D eigenvalue weighted by molar-refractivity contribution is 7.13. The number of halogens is 1. The number of aromatic nitrogens is 2. The Hall–Kier alpha value is -2.47. The van der Waals surface area contributed by atoms with Crippen LogP contribution in [0.25, 0.3) is 10.4 Å². The van der Waals surface area contributed by atoms with Crippen LogP contribution in [0, 0.1) is 19.7 Å². The summed E-state index contributed by atoms with van der Waals surface area (Å²) >= 11 is 1.68. The van der Waals surface area contributed by atoms with Gasteiger partial charge in [0.1, 0.15) is 5.82 Å². The van der Waals surface area contributed by atoms with Gasteiger partial charge >= 0.3 is 0 Å². The van der Waals surface area contributed by atoms with Gasteiger partial charge in [-0.1, -0.05) is 18.2 Å². The number of thiophene rings is 1. The summed E-state index contributed by atoms with van der Waals surface area (Å²) in [7, 11) is 0. The van der Waals surface area contributed by atoms with E-state index in [1.807, 2.05) is 30.0 Å². The Morgan fingerprint density at radius 1 is 1.25 bits per heavy atom. The van der Waals surface area contributed by atoms with E-state index in [0.717, 1.165) is 17.0 Å². The smallest absolute Gasteiger partial charge is 0.254 e. The molecule has 1 aromatic carbocycles. The first-order valence-electron chi connectivity index (χ1n) is 7.68. The summed E-state index contributed by atoms with van der Waals surface area (Å²) in [4.78, 5) is 13.2. The van der Waals surface area contributed by atoms with Crippen LogP contribution < -0.4 is 5.32 Å². The van der Waals surface area contributed by atoms with E-state index in [2.05, 4.69) is 16.5 Å². The van der Waals surface area contributed by atoms with Crippen LogP contribution in [-0.2, 0) is 6.54 Å². The van der Waals surface area contributed by atoms with Crippen molar-refractivity contribution < 1.29 is 9.18 Å². The molecule has 0 saturated heterocycles. The van der Waals surface area contributed by atoms with E-state index in [1.54, 1.807) is 23.5 Å². The number of hydrogen-bond donors (Lipinski definition) is 1. The zero-order valence-corrected chi connectivity index (χ0v) is 14.4. The molecule has 3 rings (SSSR count). The van der Waals surface area contributed by atoms with E-state index >= 15 is 0 Å². The molecule has 0 unspecified atom stereocenters. The van der Waals surface area contributed by atoms with Crippen molar-refractivity contribution in [2.24, 2.45) is 0 Å². The van der Waals surface area contributed by atoms with Gasteiger partial charge in [-0.2, -0.15) is 5.10 Å². The van der Waals surface area contributed by atoms with Gasteiger partial charge < -0.3 is 5.32 Å². The lowest BCUT2D eigenvalue weighted by Crippen LogP contribution is -2.28. The van der Waals surface area contributed by atoms with Crippen molar-refractivity contribution in [3.63, 3.8) is 0 Å². The van der Waals surface area contributed by atoms with Crippen molar-refractivity contribution >= 4 is 17.2 Å². The minimum Gasteiger partial charge on any atom is -0.350 e. The second-order valence-corrected chi connectivity index (χ2v) is 6.43. The van der Waals surface area contributed by atoms with E-state index in [0.29, 0.717) is 13.1 Å². The van der Waals surface area contributed by atoms with Gasteiger partial charge in [0.05, 0.1) is 17.8 Å². The van der Waals surface area contributed by atoms with E-state index in [4.69, 9.17) is 0 Å². The predicted octanol–water partition coefficient (Wildman–Crippen LogP) is 3.80. The third-order valence-electron chi connectivity index (χ3n) is 3.88. The van der Waals surface area contributed by atoms with Crippen LogP contribution >= 0.6 is 11.3 Å². The van der Waals surface area contributed by atoms with Gasteiger partial charge in [0.2, 0.25) is 0 Å². The number of carbonyl (C=O) groups excluding carboxylic acids is 1. The Kier molecular flexibility index (Phi) is 4.76. The molecular weight excluding hydrogens is 325 g/mol. The quantitative estimate of drug-likeness (QED) is 0.766. The highest BCUT2D eigenvalue weighted by Crippen LogP contribution is 2.30. The second-order valence-electron chi connectivity index (χ2n) is 5.48. The molecular formula is C18H18FN3OS. The van der Waals surface area contributed by atoms with Crippen LogP contribution in [0.5, 0.6) is 0 Å². The van der Waals surface area contributed by atoms with Crippen molar-refractivity contribution in [2.75, 3.05) is 6.54 Å². The average Bonchev–Trinajstić information content (AvgIpc) is 3.16. The van der Waals surface area contributed by atoms with Crippen LogP contribution in [0.15, 0.2) is 41.8 Å². The van der Waals surface area contributed by atoms with Gasteiger partial charge in [-0.3, -0.25) is 9.48 Å². The lowest BCUT2D eigenvalue weighted by Gasteiger charge is -2.08. The number of rotatable bonds is 5. The normalized spacial score (nSPS) is 10.8. The number of aryl methyl sites for hydroxylation is 1. The summed E-state index contributed by atoms with van der Waals surface area (Å²) in [6, 6.07) is 10.1. The molecule has 0 atom stereocenters. The monoisotopic (exact) mass is 343 g/mol. The van der Waals surface area contributed by atoms with Gasteiger partial charge in [-0.15, -0.1) is 11.3 Å². The third-order valence-corrected chi connectivity index (χ3v) is 4.76. The van der Waals surface area contributed by atoms with Crippen LogP contribution in [0.3, 0.4) is 0 Å². The number of benzene rings is 1. The van der Waals surface area contributed by atoms with Crippen molar-refractivity contribution in [3.05, 3.63) is 64.5 Å². The standard InChI is InChI=1S/C18H18FN3OS/c1-12-17(16-8-5-11-24-16)13(2)22(21-12)10-9-20-18(23)14-6-3-4-7-15(14)19/h3-8,11H,9-10H2,1-2H3,(H,20,23). The van der Waals surface area contributed by atoms with E-state index in [-0.39, 0.29) is 5.56 Å². The van der Waals surface area contributed by atoms with Gasteiger partial charge in [-0.25, -0.2) is 4.39 Å². The summed E-state index contributed by atoms with van der Waals surface area (Å²) < 4.78 is 15.5. The molecule has 0 radical (unpaired) electrons. The summed E-state index contributed by atoms with van der Waals surface area (Å²) in [6.45, 7) is 4.93. The molecule has 2 aromatic heterocycles. The molecule has 3 aromatic rings. The first-order valence-corrected chi connectivity index (χ1v) is 8.56. The largest absolute Gasteiger partial charge is 0.350 e. The van der Waals surface area contributed by atoms with Gasteiger partial charge in [0.25, 0.3) is 5.91 Å². The van der Waals surface area contributed by atoms with Crippen LogP contribution in [-0.4, -0.2) is 22.2 Å². The molecule has 1 N–H and O–H groups in total. The zero-order chi connectivity index (χ0) is 17.1. The Morgan fingerprint density at radius 2 is 2.04 bits per heavy atom. The zero-order valence-electron chi connectivity index (χ0n) is 13.5. The van der Waals surface area contributed by atoms with Crippen molar-refractivity contribution in [3.8, 4) is 10.4 Å². The van der Waals surface area contributed by atoms with Gasteiger partial charge in [-0.05, 0) is 37.4 Å². The molecule has 2 heterocycles. The lowest BCUT2D eigenvalue weighted by molar-refractivity contribution is 0.0948. The summed E-state index contributed by atoms with van der Waals surface area (Å²) in [5.74, 6) is -0.922. The molecule has 0 fully saturated rings. The molecule has 6 heteroatoms. The number of hydrogen-bond acceptors (Lipinski definition) is 3. The van der Waals surface area contributed by atoms with Crippen molar-refractivity contribution in [2.45, 2.75) is 20.4 Å². The van der Waals surface area contributed by atoms with Gasteiger partial charge in [0, 0.05) is 22.7 Å². The van der Waals surface area contributed by atoms with Crippen LogP contribution in [0.4, 0.5) is 4.39 Å². The molecule has 0 bridgehead atoms. The molecule has 0 aliphatic rings. The minimum absolute atomic E-state index is 0.0603. The van der Waals surface area contributed by atoms with E-state index in [1.165, 1.54) is 17.0 Å². The molecule has 0 saturated carbocycles. The maximum Gasteiger partial charge on any atom is 0.254 e. The Morgan fingerprint density at radius 3 is 2.75 bits per heavy atom. The number of carbonyl (C=O) groups is 1. The fourth-order valence-corrected chi connectivity index (χ4v) is 3.58. The maximum atomic E-state index is 13.6. The second kappa shape index (κ2) is 6.97. The summed E-state index contributed by atoms with van der Waals surface area (Å²) in [6.07, 6.45) is 0. The Bertz CT molecular complexity index is 855. The van der Waals surface area contributed by atoms with Crippen molar-refractivity contribution in [1.29, 1.82) is 0 Å². The fourth-order valence-electron chi connectivity index (χ4n) is 2.71. The summed E-state index contributed by atoms with van der Waals surface area (Å²) in [5, 5.41) is 9.33. The highest BCUT2D eigenvalue weighted by atomic mass is 32.1. The maximum absolute atomic E-state index is 13.6. The first-order chi connectivity index (χ1) is 11.6. The molecule has 4 nitrogen and oxygen atoms in total. The van der Waals surface area contributed by atoms with Gasteiger partial charge in [0.15, 0.2) is 0 Å². The topological polar surface area (TPSA) is 46.9 Å². The molecule has 24 heavy (non-hydrogen) atoms. The number of nitrogens with one attached hydrogen (secondary N) is 1. The fraction of sp³-hybridized carbons (Fsp3) is 0.222. The molecule has 0 aliphatic carbocycles. The van der Waals surface area contributed by atoms with Crippen LogP contribution in [0.1, 0.15) is 21.7 Å². The van der Waals surface area contributed by atoms with E-state index in [9.17, 15) is 9.18 Å². The number of amides is 1. The molecule has 0 spiro atoms. The molecule has 124 valence electrons. The minimum atomic E-state index is -0.513. The molecule has 1 amide bonds. The predicted molar refractivity (Wildman–Crippen MR) is 93.7 cm³/mol. The SMILES string of the molecule is Cc1nn(CCNC(=O)c2ccccc2F)c(C)c1-c1cccs1. The third kappa shape index (κ3) is 3.23. The first kappa shape index (κ1) is 16.4. The van der Waals surface area contributed by atoms with Crippen LogP contribution in [0.2, 0.25) is 0 Å². The Balaban J connectivity index is 1.67.